The standard InChI is InChI=1S/C15H21NO/c1-4-15(5-2)12-9-11(17-3)7-6-10(12)8-13-14(15)16-13/h6-7,9,13-14,16H,4-5,8H2,1-3H3/t13-,14-/m1/s1. The molecule has 17 heavy (non-hydrogen) atoms. The molecule has 0 amide bonds. The highest BCUT2D eigenvalue weighted by molar-refractivity contribution is 5.47. The van der Waals surface area contributed by atoms with Gasteiger partial charge in [-0.25, -0.2) is 0 Å². The van der Waals surface area contributed by atoms with Gasteiger partial charge in [-0.15, -0.1) is 0 Å². The van der Waals surface area contributed by atoms with E-state index in [-0.39, 0.29) is 0 Å². The Morgan fingerprint density at radius 3 is 2.76 bits per heavy atom. The molecule has 0 spiro atoms. The largest absolute Gasteiger partial charge is 0.497 e. The molecule has 1 heterocycles. The third kappa shape index (κ3) is 1.43. The number of fused-ring (bicyclic) bond motifs is 2. The smallest absolute Gasteiger partial charge is 0.119 e. The number of hydrogen-bond donors (Lipinski definition) is 1. The monoisotopic (exact) mass is 231 g/mol. The van der Waals surface area contributed by atoms with Gasteiger partial charge in [-0.05, 0) is 42.5 Å². The van der Waals surface area contributed by atoms with Gasteiger partial charge in [0, 0.05) is 17.5 Å². The van der Waals surface area contributed by atoms with Crippen molar-refractivity contribution in [2.75, 3.05) is 7.11 Å². The Balaban J connectivity index is 2.13. The van der Waals surface area contributed by atoms with E-state index in [1.807, 2.05) is 0 Å². The van der Waals surface area contributed by atoms with Gasteiger partial charge < -0.3 is 10.1 Å². The average Bonchev–Trinajstić information content (AvgIpc) is 3.15. The minimum Gasteiger partial charge on any atom is -0.497 e. The zero-order valence-electron chi connectivity index (χ0n) is 10.9. The molecule has 1 saturated heterocycles. The minimum atomic E-state index is 0.326. The van der Waals surface area contributed by atoms with Crippen LogP contribution < -0.4 is 10.1 Å². The van der Waals surface area contributed by atoms with Crippen LogP contribution in [0.2, 0.25) is 0 Å². The Labute approximate surface area is 103 Å². The van der Waals surface area contributed by atoms with E-state index < -0.39 is 0 Å². The quantitative estimate of drug-likeness (QED) is 0.811. The molecular weight excluding hydrogens is 210 g/mol. The molecule has 0 unspecified atom stereocenters. The second kappa shape index (κ2) is 3.74. The summed E-state index contributed by atoms with van der Waals surface area (Å²) in [5, 5.41) is 3.67. The molecule has 2 nitrogen and oxygen atoms in total. The third-order valence-corrected chi connectivity index (χ3v) is 4.84. The molecule has 1 aliphatic carbocycles. The molecule has 1 aliphatic heterocycles. The Bertz CT molecular complexity index is 437. The van der Waals surface area contributed by atoms with E-state index in [4.69, 9.17) is 4.74 Å². The fraction of sp³-hybridized carbons (Fsp3) is 0.600. The second-order valence-corrected chi connectivity index (χ2v) is 5.34. The van der Waals surface area contributed by atoms with E-state index in [0.717, 1.165) is 11.8 Å². The molecule has 3 rings (SSSR count). The van der Waals surface area contributed by atoms with E-state index in [1.165, 1.54) is 30.4 Å². The summed E-state index contributed by atoms with van der Waals surface area (Å²) in [6.07, 6.45) is 3.60. The molecule has 1 fully saturated rings. The van der Waals surface area contributed by atoms with Crippen molar-refractivity contribution in [1.82, 2.24) is 5.32 Å². The molecule has 92 valence electrons. The molecule has 1 N–H and O–H groups in total. The summed E-state index contributed by atoms with van der Waals surface area (Å²) in [5.74, 6) is 0.995. The normalized spacial score (nSPS) is 28.2. The minimum absolute atomic E-state index is 0.326. The first-order chi connectivity index (χ1) is 8.25. The van der Waals surface area contributed by atoms with Crippen molar-refractivity contribution >= 4 is 0 Å². The zero-order valence-corrected chi connectivity index (χ0v) is 10.9. The predicted octanol–water partition coefficient (Wildman–Crippen LogP) is 2.65. The number of methoxy groups -OCH3 is 1. The maximum absolute atomic E-state index is 5.39. The molecule has 1 aromatic rings. The number of benzene rings is 1. The van der Waals surface area contributed by atoms with Crippen LogP contribution in [0, 0.1) is 0 Å². The van der Waals surface area contributed by atoms with Crippen LogP contribution in [0.25, 0.3) is 0 Å². The SMILES string of the molecule is CCC1(CC)c2cc(OC)ccc2C[C@H]2N[C@H]21. The van der Waals surface area contributed by atoms with Crippen molar-refractivity contribution < 1.29 is 4.74 Å². The predicted molar refractivity (Wildman–Crippen MR) is 69.7 cm³/mol. The van der Waals surface area contributed by atoms with Crippen LogP contribution in [-0.2, 0) is 11.8 Å². The van der Waals surface area contributed by atoms with Gasteiger partial charge in [0.25, 0.3) is 0 Å². The van der Waals surface area contributed by atoms with Crippen molar-refractivity contribution in [1.29, 1.82) is 0 Å². The van der Waals surface area contributed by atoms with Gasteiger partial charge in [0.15, 0.2) is 0 Å². The summed E-state index contributed by atoms with van der Waals surface area (Å²) in [4.78, 5) is 0. The zero-order chi connectivity index (χ0) is 12.0. The molecular formula is C15H21NO. The molecule has 0 bridgehead atoms. The van der Waals surface area contributed by atoms with Crippen molar-refractivity contribution in [3.8, 4) is 5.75 Å². The van der Waals surface area contributed by atoms with Crippen molar-refractivity contribution in [2.24, 2.45) is 0 Å². The van der Waals surface area contributed by atoms with Crippen LogP contribution in [0.15, 0.2) is 18.2 Å². The van der Waals surface area contributed by atoms with Crippen molar-refractivity contribution in [3.63, 3.8) is 0 Å². The van der Waals surface area contributed by atoms with Gasteiger partial charge in [0.1, 0.15) is 5.75 Å². The maximum atomic E-state index is 5.39. The van der Waals surface area contributed by atoms with E-state index in [2.05, 4.69) is 37.4 Å². The summed E-state index contributed by atoms with van der Waals surface area (Å²) in [5.41, 5.74) is 3.36. The van der Waals surface area contributed by atoms with Crippen LogP contribution in [0.5, 0.6) is 5.75 Å². The van der Waals surface area contributed by atoms with Gasteiger partial charge in [-0.3, -0.25) is 0 Å². The van der Waals surface area contributed by atoms with Gasteiger partial charge in [-0.1, -0.05) is 19.9 Å². The summed E-state index contributed by atoms with van der Waals surface area (Å²) >= 11 is 0. The summed E-state index contributed by atoms with van der Waals surface area (Å²) < 4.78 is 5.39. The highest BCUT2D eigenvalue weighted by Crippen LogP contribution is 2.48. The maximum Gasteiger partial charge on any atom is 0.119 e. The topological polar surface area (TPSA) is 31.2 Å². The molecule has 1 aromatic carbocycles. The highest BCUT2D eigenvalue weighted by Gasteiger charge is 2.55. The lowest BCUT2D eigenvalue weighted by atomic mass is 9.66. The molecule has 0 aromatic heterocycles. The van der Waals surface area contributed by atoms with Crippen LogP contribution in [0.3, 0.4) is 0 Å². The van der Waals surface area contributed by atoms with Gasteiger partial charge >= 0.3 is 0 Å². The summed E-state index contributed by atoms with van der Waals surface area (Å²) in [6, 6.07) is 8.02. The number of ether oxygens (including phenoxy) is 1. The highest BCUT2D eigenvalue weighted by atomic mass is 16.5. The Hall–Kier alpha value is -1.02. The lowest BCUT2D eigenvalue weighted by molar-refractivity contribution is 0.360. The van der Waals surface area contributed by atoms with Crippen LogP contribution in [0.4, 0.5) is 0 Å². The molecule has 0 radical (unpaired) electrons. The average molecular weight is 231 g/mol. The van der Waals surface area contributed by atoms with E-state index in [9.17, 15) is 0 Å². The molecule has 2 aliphatic rings. The van der Waals surface area contributed by atoms with Gasteiger partial charge in [0.2, 0.25) is 0 Å². The first-order valence-electron chi connectivity index (χ1n) is 6.68. The number of rotatable bonds is 3. The van der Waals surface area contributed by atoms with Crippen LogP contribution >= 0.6 is 0 Å². The van der Waals surface area contributed by atoms with Gasteiger partial charge in [-0.2, -0.15) is 0 Å². The first-order valence-corrected chi connectivity index (χ1v) is 6.68. The molecule has 0 saturated carbocycles. The van der Waals surface area contributed by atoms with Crippen molar-refractivity contribution in [2.45, 2.75) is 50.6 Å². The van der Waals surface area contributed by atoms with Crippen molar-refractivity contribution in [3.05, 3.63) is 29.3 Å². The van der Waals surface area contributed by atoms with Crippen LogP contribution in [0.1, 0.15) is 37.8 Å². The van der Waals surface area contributed by atoms with E-state index in [1.54, 1.807) is 7.11 Å². The molecule has 2 atom stereocenters. The van der Waals surface area contributed by atoms with Crippen LogP contribution in [-0.4, -0.2) is 19.2 Å². The molecule has 2 heteroatoms. The summed E-state index contributed by atoms with van der Waals surface area (Å²) in [6.45, 7) is 4.63. The Morgan fingerprint density at radius 1 is 1.35 bits per heavy atom. The fourth-order valence-electron chi connectivity index (χ4n) is 3.70. The number of nitrogens with one attached hydrogen (secondary N) is 1. The summed E-state index contributed by atoms with van der Waals surface area (Å²) in [7, 11) is 1.75. The third-order valence-electron chi connectivity index (χ3n) is 4.84. The second-order valence-electron chi connectivity index (χ2n) is 5.34. The van der Waals surface area contributed by atoms with E-state index in [0.29, 0.717) is 11.5 Å². The Morgan fingerprint density at radius 2 is 2.12 bits per heavy atom. The Kier molecular flexibility index (Phi) is 2.44. The fourth-order valence-corrected chi connectivity index (χ4v) is 3.70. The lowest BCUT2D eigenvalue weighted by Gasteiger charge is -2.37. The van der Waals surface area contributed by atoms with E-state index >= 15 is 0 Å². The lowest BCUT2D eigenvalue weighted by Crippen LogP contribution is -2.37. The first kappa shape index (κ1) is 11.1. The number of hydrogen-bond acceptors (Lipinski definition) is 2. The van der Waals surface area contributed by atoms with Gasteiger partial charge in [0.05, 0.1) is 7.11 Å².